The molecule has 1 aliphatic rings. The average molecular weight is 262 g/mol. The van der Waals surface area contributed by atoms with Gasteiger partial charge in [-0.15, -0.1) is 0 Å². The molecule has 0 fully saturated rings. The molecule has 1 aliphatic carbocycles. The van der Waals surface area contributed by atoms with Crippen molar-refractivity contribution in [1.82, 2.24) is 0 Å². The number of benzene rings is 2. The Morgan fingerprint density at radius 2 is 1.65 bits per heavy atom. The van der Waals surface area contributed by atoms with Gasteiger partial charge in [0.25, 0.3) is 0 Å². The molecule has 0 aromatic heterocycles. The van der Waals surface area contributed by atoms with E-state index in [0.29, 0.717) is 11.7 Å². The number of aliphatic hydroxyl groups excluding tert-OH is 1. The molecule has 0 saturated carbocycles. The summed E-state index contributed by atoms with van der Waals surface area (Å²) in [6, 6.07) is 18.3. The van der Waals surface area contributed by atoms with Gasteiger partial charge in [0.05, 0.1) is 0 Å². The van der Waals surface area contributed by atoms with Gasteiger partial charge in [-0.3, -0.25) is 0 Å². The van der Waals surface area contributed by atoms with Crippen LogP contribution in [-0.4, -0.2) is 5.11 Å². The molecule has 1 atom stereocenters. The molecule has 0 bridgehead atoms. The molecule has 0 amide bonds. The molecule has 1 N–H and O–H groups in total. The normalized spacial score (nSPS) is 25.4. The largest absolute Gasteiger partial charge is 0.507 e. The monoisotopic (exact) mass is 262 g/mol. The average Bonchev–Trinajstić information content (AvgIpc) is 2.50. The van der Waals surface area contributed by atoms with Gasteiger partial charge in [0.2, 0.25) is 0 Å². The third-order valence-electron chi connectivity index (χ3n) is 3.86. The summed E-state index contributed by atoms with van der Waals surface area (Å²) in [6.07, 6.45) is 5.11. The first kappa shape index (κ1) is 12.7. The third-order valence-corrected chi connectivity index (χ3v) is 3.86. The van der Waals surface area contributed by atoms with Gasteiger partial charge in [-0.25, -0.2) is 0 Å². The van der Waals surface area contributed by atoms with Crippen molar-refractivity contribution in [2.75, 3.05) is 0 Å². The first-order valence-corrected chi connectivity index (χ1v) is 7.01. The van der Waals surface area contributed by atoms with E-state index in [1.54, 1.807) is 0 Å². The van der Waals surface area contributed by atoms with Crippen LogP contribution >= 0.6 is 0 Å². The van der Waals surface area contributed by atoms with Crippen molar-refractivity contribution in [3.8, 4) is 0 Å². The molecule has 1 heteroatoms. The van der Waals surface area contributed by atoms with Gasteiger partial charge in [-0.05, 0) is 34.8 Å². The third kappa shape index (κ3) is 2.39. The summed E-state index contributed by atoms with van der Waals surface area (Å²) < 4.78 is 0. The van der Waals surface area contributed by atoms with Gasteiger partial charge in [0.1, 0.15) is 5.76 Å². The van der Waals surface area contributed by atoms with Crippen molar-refractivity contribution < 1.29 is 5.11 Å². The molecule has 0 aliphatic heterocycles. The molecule has 0 heterocycles. The van der Waals surface area contributed by atoms with Crippen molar-refractivity contribution in [3.05, 3.63) is 76.7 Å². The lowest BCUT2D eigenvalue weighted by molar-refractivity contribution is 0.510. The highest BCUT2D eigenvalue weighted by molar-refractivity contribution is 5.76. The minimum absolute atomic E-state index is 0.349. The second-order valence-electron chi connectivity index (χ2n) is 5.28. The maximum absolute atomic E-state index is 10.4. The van der Waals surface area contributed by atoms with E-state index in [1.165, 1.54) is 11.1 Å². The Bertz CT molecular complexity index is 754. The van der Waals surface area contributed by atoms with Crippen LogP contribution in [0.1, 0.15) is 18.9 Å². The van der Waals surface area contributed by atoms with Crippen LogP contribution in [0.4, 0.5) is 0 Å². The summed E-state index contributed by atoms with van der Waals surface area (Å²) in [5.41, 5.74) is 2.37. The number of aliphatic hydroxyl groups is 1. The van der Waals surface area contributed by atoms with Crippen molar-refractivity contribution >= 4 is 17.4 Å². The van der Waals surface area contributed by atoms with E-state index in [-0.39, 0.29) is 0 Å². The fourth-order valence-corrected chi connectivity index (χ4v) is 2.70. The molecule has 2 aromatic rings. The minimum Gasteiger partial charge on any atom is -0.507 e. The van der Waals surface area contributed by atoms with Crippen LogP contribution in [0, 0.1) is 5.92 Å². The Kier molecular flexibility index (Phi) is 3.42. The van der Waals surface area contributed by atoms with E-state index in [4.69, 9.17) is 0 Å². The molecule has 1 unspecified atom stereocenters. The fraction of sp³-hybridized carbons (Fsp3) is 0.158. The molecule has 1 nitrogen and oxygen atoms in total. The summed E-state index contributed by atoms with van der Waals surface area (Å²) >= 11 is 0. The van der Waals surface area contributed by atoms with Crippen molar-refractivity contribution in [2.45, 2.75) is 13.3 Å². The highest BCUT2D eigenvalue weighted by atomic mass is 16.3. The van der Waals surface area contributed by atoms with Crippen molar-refractivity contribution in [2.24, 2.45) is 5.92 Å². The number of fused-ring (bicyclic) bond motifs is 1. The van der Waals surface area contributed by atoms with E-state index < -0.39 is 0 Å². The quantitative estimate of drug-likeness (QED) is 0.836. The summed E-state index contributed by atoms with van der Waals surface area (Å²) in [4.78, 5) is 0. The molecule has 0 radical (unpaired) electrons. The zero-order valence-electron chi connectivity index (χ0n) is 11.6. The van der Waals surface area contributed by atoms with Crippen molar-refractivity contribution in [3.63, 3.8) is 0 Å². The molecular formula is C19H18O. The predicted octanol–water partition coefficient (Wildman–Crippen LogP) is 3.26. The number of hydrogen-bond acceptors (Lipinski definition) is 1. The lowest BCUT2D eigenvalue weighted by atomic mass is 9.89. The van der Waals surface area contributed by atoms with E-state index in [0.717, 1.165) is 16.9 Å². The highest BCUT2D eigenvalue weighted by Gasteiger charge is 2.12. The van der Waals surface area contributed by atoms with Crippen LogP contribution in [0.3, 0.4) is 0 Å². The lowest BCUT2D eigenvalue weighted by Gasteiger charge is -2.16. The molecule has 3 rings (SSSR count). The topological polar surface area (TPSA) is 20.2 Å². The van der Waals surface area contributed by atoms with E-state index >= 15 is 0 Å². The molecular weight excluding hydrogens is 244 g/mol. The Hall–Kier alpha value is -2.28. The Morgan fingerprint density at radius 3 is 2.45 bits per heavy atom. The fourth-order valence-electron chi connectivity index (χ4n) is 2.70. The molecule has 2 aromatic carbocycles. The van der Waals surface area contributed by atoms with Crippen LogP contribution in [0.25, 0.3) is 17.4 Å². The summed E-state index contributed by atoms with van der Waals surface area (Å²) in [6.45, 7) is 2.20. The first-order chi connectivity index (χ1) is 9.75. The highest BCUT2D eigenvalue weighted by Crippen LogP contribution is 2.27. The van der Waals surface area contributed by atoms with Crippen molar-refractivity contribution in [1.29, 1.82) is 0 Å². The molecule has 100 valence electrons. The van der Waals surface area contributed by atoms with E-state index in [1.807, 2.05) is 42.5 Å². The second-order valence-corrected chi connectivity index (χ2v) is 5.28. The summed E-state index contributed by atoms with van der Waals surface area (Å²) in [7, 11) is 0. The molecule has 20 heavy (non-hydrogen) atoms. The summed E-state index contributed by atoms with van der Waals surface area (Å²) in [5, 5.41) is 12.5. The van der Waals surface area contributed by atoms with Gasteiger partial charge < -0.3 is 5.11 Å². The van der Waals surface area contributed by atoms with Gasteiger partial charge in [-0.2, -0.15) is 0 Å². The number of rotatable bonds is 1. The predicted molar refractivity (Wildman–Crippen MR) is 84.4 cm³/mol. The Balaban J connectivity index is 2.23. The Morgan fingerprint density at radius 1 is 0.950 bits per heavy atom. The maximum Gasteiger partial charge on any atom is 0.123 e. The number of allylic oxidation sites excluding steroid dienone is 1. The zero-order valence-corrected chi connectivity index (χ0v) is 11.6. The van der Waals surface area contributed by atoms with Crippen LogP contribution < -0.4 is 10.4 Å². The van der Waals surface area contributed by atoms with Gasteiger partial charge in [-0.1, -0.05) is 67.6 Å². The maximum atomic E-state index is 10.4. The minimum atomic E-state index is 0.349. The van der Waals surface area contributed by atoms with Crippen LogP contribution in [0.15, 0.2) is 60.7 Å². The van der Waals surface area contributed by atoms with Gasteiger partial charge in [0.15, 0.2) is 0 Å². The standard InChI is InChI=1S/C19H18O/c1-14-11-12-16-9-5-6-10-17(16)19(20)13-18(14)15-7-3-2-4-8-15/h2-10,12-14,20H,11H2,1H3/b16-12+,18-13+,19-17+. The smallest absolute Gasteiger partial charge is 0.123 e. The van der Waals surface area contributed by atoms with Gasteiger partial charge in [0, 0.05) is 5.22 Å². The van der Waals surface area contributed by atoms with Crippen LogP contribution in [-0.2, 0) is 0 Å². The molecule has 0 spiro atoms. The Labute approximate surface area is 119 Å². The second kappa shape index (κ2) is 5.38. The molecule has 0 saturated heterocycles. The first-order valence-electron chi connectivity index (χ1n) is 7.01. The summed E-state index contributed by atoms with van der Waals surface area (Å²) in [5.74, 6) is 0.732. The van der Waals surface area contributed by atoms with E-state index in [9.17, 15) is 5.11 Å². The SMILES string of the molecule is CC1C\C=c2/cccc/c2=C(O)/C=C\1c1ccccc1. The van der Waals surface area contributed by atoms with E-state index in [2.05, 4.69) is 31.2 Å². The number of hydrogen-bond donors (Lipinski definition) is 1. The van der Waals surface area contributed by atoms with Crippen LogP contribution in [0.5, 0.6) is 0 Å². The zero-order chi connectivity index (χ0) is 13.9. The lowest BCUT2D eigenvalue weighted by Crippen LogP contribution is -2.27. The van der Waals surface area contributed by atoms with Crippen LogP contribution in [0.2, 0.25) is 0 Å². The van der Waals surface area contributed by atoms with Gasteiger partial charge >= 0.3 is 0 Å².